The molecule has 0 fully saturated rings. The molecule has 0 N–H and O–H groups in total. The van der Waals surface area contributed by atoms with Crippen molar-refractivity contribution in [2.24, 2.45) is 0 Å². The van der Waals surface area contributed by atoms with Gasteiger partial charge in [-0.05, 0) is 12.5 Å². The van der Waals surface area contributed by atoms with Crippen molar-refractivity contribution in [1.29, 1.82) is 0 Å². The summed E-state index contributed by atoms with van der Waals surface area (Å²) in [5, 5.41) is 0. The molecule has 0 bridgehead atoms. The van der Waals surface area contributed by atoms with Crippen molar-refractivity contribution in [3.63, 3.8) is 0 Å². The minimum absolute atomic E-state index is 0.156. The summed E-state index contributed by atoms with van der Waals surface area (Å²) in [6, 6.07) is 9.73. The first-order valence-corrected chi connectivity index (χ1v) is 5.31. The van der Waals surface area contributed by atoms with Crippen LogP contribution in [0, 0.1) is 0 Å². The van der Waals surface area contributed by atoms with E-state index in [1.807, 2.05) is 30.3 Å². The van der Waals surface area contributed by atoms with E-state index in [2.05, 4.69) is 0 Å². The van der Waals surface area contributed by atoms with Crippen LogP contribution >= 0.6 is 24.0 Å². The molecule has 0 radical (unpaired) electrons. The molecule has 0 aliphatic rings. The van der Waals surface area contributed by atoms with Crippen LogP contribution < -0.4 is 0 Å². The maximum atomic E-state index is 10.7. The zero-order chi connectivity index (χ0) is 9.68. The molecule has 0 amide bonds. The highest BCUT2D eigenvalue weighted by atomic mass is 32.2. The Balaban J connectivity index is 2.54. The summed E-state index contributed by atoms with van der Waals surface area (Å²) in [6.45, 7) is 1.57. The highest BCUT2D eigenvalue weighted by Crippen LogP contribution is 2.13. The number of hydrogen-bond donors (Lipinski definition) is 0. The number of carbonyl (C=O) groups is 1. The number of carbonyl (C=O) groups excluding carboxylic acids is 1. The molecule has 0 saturated heterocycles. The summed E-state index contributed by atoms with van der Waals surface area (Å²) in [4.78, 5) is 10.7. The normalized spacial score (nSPS) is 9.62. The Morgan fingerprint density at radius 3 is 2.54 bits per heavy atom. The van der Waals surface area contributed by atoms with E-state index in [0.717, 1.165) is 9.76 Å². The first-order valence-electron chi connectivity index (χ1n) is 3.92. The highest BCUT2D eigenvalue weighted by molar-refractivity contribution is 8.24. The molecule has 0 aromatic heterocycles. The van der Waals surface area contributed by atoms with E-state index in [0.29, 0.717) is 5.75 Å². The van der Waals surface area contributed by atoms with Gasteiger partial charge in [-0.3, -0.25) is 4.79 Å². The Morgan fingerprint density at radius 2 is 2.00 bits per heavy atom. The molecule has 1 aromatic carbocycles. The topological polar surface area (TPSA) is 17.1 Å². The molecule has 0 aliphatic heterocycles. The second-order valence-electron chi connectivity index (χ2n) is 2.64. The molecule has 0 spiro atoms. The van der Waals surface area contributed by atoms with Crippen LogP contribution in [0.1, 0.15) is 12.5 Å². The fraction of sp³-hybridized carbons (Fsp3) is 0.200. The number of rotatable bonds is 3. The molecule has 13 heavy (non-hydrogen) atoms. The third kappa shape index (κ3) is 3.70. The van der Waals surface area contributed by atoms with Gasteiger partial charge < -0.3 is 0 Å². The van der Waals surface area contributed by atoms with Gasteiger partial charge in [-0.1, -0.05) is 42.5 Å². The van der Waals surface area contributed by atoms with Crippen LogP contribution in [0.3, 0.4) is 0 Å². The van der Waals surface area contributed by atoms with E-state index in [1.54, 1.807) is 6.92 Å². The minimum atomic E-state index is 0.156. The monoisotopic (exact) mass is 210 g/mol. The van der Waals surface area contributed by atoms with Gasteiger partial charge in [-0.25, -0.2) is 0 Å². The predicted octanol–water partition coefficient (Wildman–Crippen LogP) is 2.68. The quantitative estimate of drug-likeness (QED) is 0.714. The fourth-order valence-electron chi connectivity index (χ4n) is 0.825. The SMILES string of the molecule is CC(=O)CSC(=S)c1ccccc1. The summed E-state index contributed by atoms with van der Waals surface area (Å²) in [5.74, 6) is 0.622. The van der Waals surface area contributed by atoms with Gasteiger partial charge >= 0.3 is 0 Å². The molecule has 0 unspecified atom stereocenters. The maximum Gasteiger partial charge on any atom is 0.140 e. The first kappa shape index (κ1) is 10.4. The van der Waals surface area contributed by atoms with E-state index < -0.39 is 0 Å². The molecule has 68 valence electrons. The summed E-state index contributed by atoms with van der Waals surface area (Å²) in [5.41, 5.74) is 1.02. The van der Waals surface area contributed by atoms with Crippen LogP contribution in [0.4, 0.5) is 0 Å². The van der Waals surface area contributed by atoms with E-state index in [4.69, 9.17) is 12.2 Å². The van der Waals surface area contributed by atoms with Gasteiger partial charge in [-0.2, -0.15) is 0 Å². The largest absolute Gasteiger partial charge is 0.299 e. The summed E-state index contributed by atoms with van der Waals surface area (Å²) >= 11 is 6.57. The Morgan fingerprint density at radius 1 is 1.38 bits per heavy atom. The lowest BCUT2D eigenvalue weighted by Crippen LogP contribution is -1.98. The van der Waals surface area contributed by atoms with Crippen molar-refractivity contribution in [1.82, 2.24) is 0 Å². The van der Waals surface area contributed by atoms with Crippen LogP contribution in [0.2, 0.25) is 0 Å². The summed E-state index contributed by atoms with van der Waals surface area (Å²) in [6.07, 6.45) is 0. The van der Waals surface area contributed by atoms with Crippen LogP contribution in [0.5, 0.6) is 0 Å². The van der Waals surface area contributed by atoms with E-state index in [9.17, 15) is 4.79 Å². The molecular weight excluding hydrogens is 200 g/mol. The lowest BCUT2D eigenvalue weighted by molar-refractivity contribution is -0.114. The van der Waals surface area contributed by atoms with E-state index in [1.165, 1.54) is 11.8 Å². The summed E-state index contributed by atoms with van der Waals surface area (Å²) in [7, 11) is 0. The van der Waals surface area contributed by atoms with Crippen LogP contribution in [0.15, 0.2) is 30.3 Å². The third-order valence-electron chi connectivity index (χ3n) is 1.42. The molecule has 1 aromatic rings. The Labute approximate surface area is 87.5 Å². The third-order valence-corrected chi connectivity index (χ3v) is 3.05. The molecule has 1 rings (SSSR count). The number of ketones is 1. The number of hydrogen-bond acceptors (Lipinski definition) is 3. The molecule has 0 heterocycles. The number of Topliss-reactive ketones (excluding diaryl/α,β-unsaturated/α-hetero) is 1. The summed E-state index contributed by atoms with van der Waals surface area (Å²) < 4.78 is 0.788. The van der Waals surface area contributed by atoms with Gasteiger partial charge in [0.25, 0.3) is 0 Å². The molecule has 3 heteroatoms. The smallest absolute Gasteiger partial charge is 0.140 e. The van der Waals surface area contributed by atoms with Crippen LogP contribution in [-0.2, 0) is 4.79 Å². The van der Waals surface area contributed by atoms with Crippen molar-refractivity contribution in [2.75, 3.05) is 5.75 Å². The lowest BCUT2D eigenvalue weighted by Gasteiger charge is -2.00. The average Bonchev–Trinajstić information content (AvgIpc) is 2.15. The van der Waals surface area contributed by atoms with Crippen molar-refractivity contribution in [3.05, 3.63) is 35.9 Å². The van der Waals surface area contributed by atoms with Crippen molar-refractivity contribution in [3.8, 4) is 0 Å². The Bertz CT molecular complexity index is 306. The molecule has 0 saturated carbocycles. The first-order chi connectivity index (χ1) is 6.20. The predicted molar refractivity (Wildman–Crippen MR) is 61.3 cm³/mol. The fourth-order valence-corrected chi connectivity index (χ4v) is 1.77. The van der Waals surface area contributed by atoms with Gasteiger partial charge in [0.15, 0.2) is 0 Å². The second-order valence-corrected chi connectivity index (χ2v) is 4.30. The second kappa shape index (κ2) is 5.14. The van der Waals surface area contributed by atoms with Gasteiger partial charge in [-0.15, -0.1) is 11.8 Å². The molecular formula is C10H10OS2. The van der Waals surface area contributed by atoms with Crippen molar-refractivity contribution < 1.29 is 4.79 Å². The number of thioether (sulfide) groups is 1. The molecule has 0 atom stereocenters. The van der Waals surface area contributed by atoms with Crippen molar-refractivity contribution in [2.45, 2.75) is 6.92 Å². The highest BCUT2D eigenvalue weighted by Gasteiger charge is 2.02. The molecule has 1 nitrogen and oxygen atoms in total. The zero-order valence-corrected chi connectivity index (χ0v) is 8.95. The van der Waals surface area contributed by atoms with E-state index in [-0.39, 0.29) is 5.78 Å². The minimum Gasteiger partial charge on any atom is -0.299 e. The Hall–Kier alpha value is -0.670. The van der Waals surface area contributed by atoms with Crippen LogP contribution in [-0.4, -0.2) is 15.7 Å². The standard InChI is InChI=1S/C10H10OS2/c1-8(11)7-13-10(12)9-5-3-2-4-6-9/h2-6H,7H2,1H3. The van der Waals surface area contributed by atoms with Crippen molar-refractivity contribution >= 4 is 34.0 Å². The Kier molecular flexibility index (Phi) is 4.12. The maximum absolute atomic E-state index is 10.7. The molecule has 0 aliphatic carbocycles. The van der Waals surface area contributed by atoms with Gasteiger partial charge in [0.1, 0.15) is 5.78 Å². The van der Waals surface area contributed by atoms with Crippen LogP contribution in [0.25, 0.3) is 0 Å². The zero-order valence-electron chi connectivity index (χ0n) is 7.32. The van der Waals surface area contributed by atoms with E-state index >= 15 is 0 Å². The number of thiocarbonyl (C=S) groups is 1. The number of benzene rings is 1. The average molecular weight is 210 g/mol. The lowest BCUT2D eigenvalue weighted by atomic mass is 10.2. The van der Waals surface area contributed by atoms with Gasteiger partial charge in [0, 0.05) is 0 Å². The van der Waals surface area contributed by atoms with Gasteiger partial charge in [0.2, 0.25) is 0 Å². The van der Waals surface area contributed by atoms with Gasteiger partial charge in [0.05, 0.1) is 9.95 Å².